The Hall–Kier alpha value is -1.39. The second-order valence-electron chi connectivity index (χ2n) is 5.64. The maximum absolute atomic E-state index is 5.90. The summed E-state index contributed by atoms with van der Waals surface area (Å²) < 4.78 is 5.50. The SMILES string of the molecule is CNC1CCCCC1c1nc(Cc2ccc(Cl)cc2)no1. The minimum absolute atomic E-state index is 0.343. The summed E-state index contributed by atoms with van der Waals surface area (Å²) in [6.07, 6.45) is 5.48. The minimum atomic E-state index is 0.343. The molecule has 1 aliphatic carbocycles. The third-order valence-electron chi connectivity index (χ3n) is 4.21. The van der Waals surface area contributed by atoms with Crippen LogP contribution in [-0.2, 0) is 6.42 Å². The fourth-order valence-corrected chi connectivity index (χ4v) is 3.17. The van der Waals surface area contributed by atoms with E-state index in [0.29, 0.717) is 18.4 Å². The molecule has 1 fully saturated rings. The lowest BCUT2D eigenvalue weighted by Crippen LogP contribution is -2.34. The van der Waals surface area contributed by atoms with Crippen molar-refractivity contribution in [2.75, 3.05) is 7.05 Å². The van der Waals surface area contributed by atoms with Crippen LogP contribution in [0.3, 0.4) is 0 Å². The largest absolute Gasteiger partial charge is 0.339 e. The molecule has 0 spiro atoms. The van der Waals surface area contributed by atoms with Crippen molar-refractivity contribution in [3.8, 4) is 0 Å². The highest BCUT2D eigenvalue weighted by atomic mass is 35.5. The molecule has 4 nitrogen and oxygen atoms in total. The Labute approximate surface area is 129 Å². The molecular formula is C16H20ClN3O. The molecule has 1 aromatic carbocycles. The molecule has 0 aliphatic heterocycles. The first kappa shape index (κ1) is 14.5. The summed E-state index contributed by atoms with van der Waals surface area (Å²) in [6.45, 7) is 0. The number of rotatable bonds is 4. The molecule has 2 aromatic rings. The van der Waals surface area contributed by atoms with Gasteiger partial charge in [0.25, 0.3) is 0 Å². The Bertz CT molecular complexity index is 581. The second kappa shape index (κ2) is 6.58. The van der Waals surface area contributed by atoms with Crippen LogP contribution in [0.1, 0.15) is 48.9 Å². The van der Waals surface area contributed by atoms with Crippen LogP contribution in [0, 0.1) is 0 Å². The fourth-order valence-electron chi connectivity index (χ4n) is 3.05. The van der Waals surface area contributed by atoms with Crippen molar-refractivity contribution < 1.29 is 4.52 Å². The Morgan fingerprint density at radius 2 is 2.00 bits per heavy atom. The van der Waals surface area contributed by atoms with Crippen molar-refractivity contribution in [1.82, 2.24) is 15.5 Å². The first-order valence-electron chi connectivity index (χ1n) is 7.50. The number of halogens is 1. The third kappa shape index (κ3) is 3.44. The van der Waals surface area contributed by atoms with Crippen LogP contribution in [0.2, 0.25) is 5.02 Å². The van der Waals surface area contributed by atoms with E-state index in [4.69, 9.17) is 16.1 Å². The molecule has 112 valence electrons. The van der Waals surface area contributed by atoms with Crippen molar-refractivity contribution in [2.24, 2.45) is 0 Å². The summed E-state index contributed by atoms with van der Waals surface area (Å²) in [5.41, 5.74) is 1.14. The van der Waals surface area contributed by atoms with Crippen LogP contribution in [0.25, 0.3) is 0 Å². The zero-order valence-electron chi connectivity index (χ0n) is 12.2. The van der Waals surface area contributed by atoms with Gasteiger partial charge in [0.05, 0.1) is 5.92 Å². The lowest BCUT2D eigenvalue weighted by atomic mass is 9.84. The molecule has 1 aromatic heterocycles. The van der Waals surface area contributed by atoms with Crippen molar-refractivity contribution in [3.05, 3.63) is 46.6 Å². The van der Waals surface area contributed by atoms with Gasteiger partial charge < -0.3 is 9.84 Å². The number of nitrogens with zero attached hydrogens (tertiary/aromatic N) is 2. The topological polar surface area (TPSA) is 51.0 Å². The van der Waals surface area contributed by atoms with E-state index < -0.39 is 0 Å². The molecule has 0 bridgehead atoms. The van der Waals surface area contributed by atoms with Crippen molar-refractivity contribution >= 4 is 11.6 Å². The lowest BCUT2D eigenvalue weighted by molar-refractivity contribution is 0.269. The molecule has 1 N–H and O–H groups in total. The zero-order chi connectivity index (χ0) is 14.7. The van der Waals surface area contributed by atoms with Crippen LogP contribution in [0.5, 0.6) is 0 Å². The summed E-state index contributed by atoms with van der Waals surface area (Å²) in [5.74, 6) is 1.86. The fraction of sp³-hybridized carbons (Fsp3) is 0.500. The van der Waals surface area contributed by atoms with Gasteiger partial charge >= 0.3 is 0 Å². The smallest absolute Gasteiger partial charge is 0.231 e. The predicted octanol–water partition coefficient (Wildman–Crippen LogP) is 3.56. The molecule has 2 unspecified atom stereocenters. The standard InChI is InChI=1S/C16H20ClN3O/c1-18-14-5-3-2-4-13(14)16-19-15(20-21-16)10-11-6-8-12(17)9-7-11/h6-9,13-14,18H,2-5,10H2,1H3. The molecule has 1 aliphatic rings. The van der Waals surface area contributed by atoms with Crippen molar-refractivity contribution in [1.29, 1.82) is 0 Å². The van der Waals surface area contributed by atoms with E-state index in [9.17, 15) is 0 Å². The van der Waals surface area contributed by atoms with E-state index in [1.165, 1.54) is 19.3 Å². The summed E-state index contributed by atoms with van der Waals surface area (Å²) in [4.78, 5) is 4.60. The molecule has 5 heteroatoms. The Kier molecular flexibility index (Phi) is 4.56. The van der Waals surface area contributed by atoms with Gasteiger partial charge in [-0.25, -0.2) is 0 Å². The van der Waals surface area contributed by atoms with E-state index in [1.54, 1.807) is 0 Å². The van der Waals surface area contributed by atoms with Gasteiger partial charge in [0.15, 0.2) is 5.82 Å². The van der Waals surface area contributed by atoms with Crippen LogP contribution in [0.15, 0.2) is 28.8 Å². The van der Waals surface area contributed by atoms with E-state index in [-0.39, 0.29) is 0 Å². The summed E-state index contributed by atoms with van der Waals surface area (Å²) in [6, 6.07) is 8.21. The Morgan fingerprint density at radius 3 is 2.76 bits per heavy atom. The van der Waals surface area contributed by atoms with Gasteiger partial charge in [-0.1, -0.05) is 41.7 Å². The van der Waals surface area contributed by atoms with Crippen molar-refractivity contribution in [3.63, 3.8) is 0 Å². The van der Waals surface area contributed by atoms with E-state index >= 15 is 0 Å². The van der Waals surface area contributed by atoms with Crippen LogP contribution in [-0.4, -0.2) is 23.2 Å². The molecular weight excluding hydrogens is 286 g/mol. The van der Waals surface area contributed by atoms with Crippen LogP contribution >= 0.6 is 11.6 Å². The summed E-state index contributed by atoms with van der Waals surface area (Å²) in [5, 5.41) is 8.25. The zero-order valence-corrected chi connectivity index (χ0v) is 12.9. The van der Waals surface area contributed by atoms with E-state index in [2.05, 4.69) is 15.5 Å². The summed E-state index contributed by atoms with van der Waals surface area (Å²) >= 11 is 5.90. The highest BCUT2D eigenvalue weighted by Crippen LogP contribution is 2.32. The molecule has 3 rings (SSSR count). The summed E-state index contributed by atoms with van der Waals surface area (Å²) in [7, 11) is 2.01. The van der Waals surface area contributed by atoms with Gasteiger partial charge in [-0.15, -0.1) is 0 Å². The van der Waals surface area contributed by atoms with Gasteiger partial charge in [0.2, 0.25) is 5.89 Å². The Morgan fingerprint density at radius 1 is 1.24 bits per heavy atom. The maximum Gasteiger partial charge on any atom is 0.231 e. The highest BCUT2D eigenvalue weighted by Gasteiger charge is 2.29. The maximum atomic E-state index is 5.90. The van der Waals surface area contributed by atoms with Gasteiger partial charge in [0, 0.05) is 17.5 Å². The first-order chi connectivity index (χ1) is 10.3. The monoisotopic (exact) mass is 305 g/mol. The Balaban J connectivity index is 1.72. The van der Waals surface area contributed by atoms with E-state index in [0.717, 1.165) is 28.7 Å². The van der Waals surface area contributed by atoms with Gasteiger partial charge in [-0.3, -0.25) is 0 Å². The number of hydrogen-bond donors (Lipinski definition) is 1. The number of nitrogens with one attached hydrogen (secondary N) is 1. The minimum Gasteiger partial charge on any atom is -0.339 e. The third-order valence-corrected chi connectivity index (χ3v) is 4.47. The molecule has 2 atom stereocenters. The van der Waals surface area contributed by atoms with Crippen LogP contribution < -0.4 is 5.32 Å². The number of benzene rings is 1. The molecule has 1 saturated carbocycles. The molecule has 21 heavy (non-hydrogen) atoms. The molecule has 0 amide bonds. The van der Waals surface area contributed by atoms with Gasteiger partial charge in [0.1, 0.15) is 0 Å². The number of aromatic nitrogens is 2. The first-order valence-corrected chi connectivity index (χ1v) is 7.88. The highest BCUT2D eigenvalue weighted by molar-refractivity contribution is 6.30. The van der Waals surface area contributed by atoms with E-state index in [1.807, 2.05) is 31.3 Å². The molecule has 0 radical (unpaired) electrons. The second-order valence-corrected chi connectivity index (χ2v) is 6.07. The average Bonchev–Trinajstić information content (AvgIpc) is 2.98. The van der Waals surface area contributed by atoms with Crippen LogP contribution in [0.4, 0.5) is 0 Å². The normalized spacial score (nSPS) is 22.4. The average molecular weight is 306 g/mol. The molecule has 1 heterocycles. The lowest BCUT2D eigenvalue weighted by Gasteiger charge is -2.28. The van der Waals surface area contributed by atoms with Crippen molar-refractivity contribution in [2.45, 2.75) is 44.1 Å². The van der Waals surface area contributed by atoms with Gasteiger partial charge in [-0.2, -0.15) is 4.98 Å². The predicted molar refractivity (Wildman–Crippen MR) is 82.6 cm³/mol. The quantitative estimate of drug-likeness (QED) is 0.938. The number of likely N-dealkylation sites (N-methyl/N-ethyl adjacent to an activating group) is 1. The molecule has 0 saturated heterocycles. The number of hydrogen-bond acceptors (Lipinski definition) is 4. The van der Waals surface area contributed by atoms with Gasteiger partial charge in [-0.05, 0) is 37.6 Å².